The lowest BCUT2D eigenvalue weighted by Gasteiger charge is -2.23. The van der Waals surface area contributed by atoms with Gasteiger partial charge < -0.3 is 10.6 Å². The molecule has 0 saturated carbocycles. The average molecular weight is 256 g/mol. The van der Waals surface area contributed by atoms with Gasteiger partial charge in [-0.05, 0) is 12.0 Å². The maximum Gasteiger partial charge on any atom is 0.239 e. The standard InChI is InChI=1S/C13H18F2N2O/c1-8(2)12(16)13(18)17(3)7-9-4-5-10(14)6-11(9)15/h4-6,8,12H,7,16H2,1-3H3/t12-/m1/s1. The monoisotopic (exact) mass is 256 g/mol. The number of amides is 1. The Kier molecular flexibility index (Phi) is 4.78. The Bertz CT molecular complexity index is 435. The third-order valence-corrected chi connectivity index (χ3v) is 2.80. The zero-order chi connectivity index (χ0) is 13.9. The lowest BCUT2D eigenvalue weighted by atomic mass is 10.0. The Hall–Kier alpha value is -1.49. The SMILES string of the molecule is CC(C)[C@@H](N)C(=O)N(C)Cc1ccc(F)cc1F. The summed E-state index contributed by atoms with van der Waals surface area (Å²) in [7, 11) is 1.55. The predicted octanol–water partition coefficient (Wildman–Crippen LogP) is 1.91. The topological polar surface area (TPSA) is 46.3 Å². The van der Waals surface area contributed by atoms with Gasteiger partial charge in [-0.1, -0.05) is 19.9 Å². The number of hydrogen-bond donors (Lipinski definition) is 1. The van der Waals surface area contributed by atoms with E-state index in [2.05, 4.69) is 0 Å². The van der Waals surface area contributed by atoms with Gasteiger partial charge in [0.25, 0.3) is 0 Å². The fourth-order valence-corrected chi connectivity index (χ4v) is 1.52. The highest BCUT2D eigenvalue weighted by atomic mass is 19.1. The van der Waals surface area contributed by atoms with Crippen molar-refractivity contribution in [1.29, 1.82) is 0 Å². The molecule has 0 bridgehead atoms. The molecular formula is C13H18F2N2O. The third kappa shape index (κ3) is 3.50. The van der Waals surface area contributed by atoms with Crippen LogP contribution in [0.5, 0.6) is 0 Å². The number of rotatable bonds is 4. The molecule has 1 aromatic carbocycles. The number of carbonyl (C=O) groups excluding carboxylic acids is 1. The molecule has 0 aliphatic rings. The molecule has 5 heteroatoms. The van der Waals surface area contributed by atoms with E-state index in [1.54, 1.807) is 7.05 Å². The summed E-state index contributed by atoms with van der Waals surface area (Å²) in [6.45, 7) is 3.76. The Morgan fingerprint density at radius 3 is 2.50 bits per heavy atom. The van der Waals surface area contributed by atoms with Gasteiger partial charge in [0.1, 0.15) is 11.6 Å². The summed E-state index contributed by atoms with van der Waals surface area (Å²) in [5, 5.41) is 0. The molecule has 0 heterocycles. The van der Waals surface area contributed by atoms with Gasteiger partial charge in [-0.2, -0.15) is 0 Å². The molecule has 18 heavy (non-hydrogen) atoms. The van der Waals surface area contributed by atoms with Crippen molar-refractivity contribution < 1.29 is 13.6 Å². The molecule has 0 saturated heterocycles. The van der Waals surface area contributed by atoms with Gasteiger partial charge >= 0.3 is 0 Å². The van der Waals surface area contributed by atoms with E-state index < -0.39 is 17.7 Å². The molecule has 0 unspecified atom stereocenters. The van der Waals surface area contributed by atoms with E-state index in [9.17, 15) is 13.6 Å². The summed E-state index contributed by atoms with van der Waals surface area (Å²) in [6.07, 6.45) is 0. The summed E-state index contributed by atoms with van der Waals surface area (Å²) in [6, 6.07) is 2.68. The van der Waals surface area contributed by atoms with E-state index in [1.165, 1.54) is 17.0 Å². The molecule has 1 rings (SSSR count). The molecule has 3 nitrogen and oxygen atoms in total. The van der Waals surface area contributed by atoms with Gasteiger partial charge in [-0.3, -0.25) is 4.79 Å². The fourth-order valence-electron chi connectivity index (χ4n) is 1.52. The van der Waals surface area contributed by atoms with Crippen LogP contribution in [0.4, 0.5) is 8.78 Å². The first-order valence-electron chi connectivity index (χ1n) is 5.77. The van der Waals surface area contributed by atoms with Crippen LogP contribution in [0.3, 0.4) is 0 Å². The van der Waals surface area contributed by atoms with Crippen LogP contribution in [0, 0.1) is 17.6 Å². The average Bonchev–Trinajstić information content (AvgIpc) is 2.30. The van der Waals surface area contributed by atoms with Crippen LogP contribution in [0.15, 0.2) is 18.2 Å². The molecular weight excluding hydrogens is 238 g/mol. The molecule has 1 atom stereocenters. The summed E-state index contributed by atoms with van der Waals surface area (Å²) < 4.78 is 26.2. The molecule has 2 N–H and O–H groups in total. The van der Waals surface area contributed by atoms with Crippen molar-refractivity contribution in [2.45, 2.75) is 26.4 Å². The first-order chi connectivity index (χ1) is 8.32. The molecule has 0 radical (unpaired) electrons. The van der Waals surface area contributed by atoms with Crippen molar-refractivity contribution in [1.82, 2.24) is 4.90 Å². The highest BCUT2D eigenvalue weighted by molar-refractivity contribution is 5.81. The van der Waals surface area contributed by atoms with Crippen LogP contribution in [0.25, 0.3) is 0 Å². The van der Waals surface area contributed by atoms with Gasteiger partial charge in [-0.15, -0.1) is 0 Å². The number of benzene rings is 1. The van der Waals surface area contributed by atoms with E-state index in [1.807, 2.05) is 13.8 Å². The van der Waals surface area contributed by atoms with E-state index in [0.29, 0.717) is 0 Å². The van der Waals surface area contributed by atoms with Crippen LogP contribution in [-0.2, 0) is 11.3 Å². The van der Waals surface area contributed by atoms with E-state index in [4.69, 9.17) is 5.73 Å². The van der Waals surface area contributed by atoms with Gasteiger partial charge in [0.2, 0.25) is 5.91 Å². The Labute approximate surface area is 106 Å². The first-order valence-corrected chi connectivity index (χ1v) is 5.77. The number of carbonyl (C=O) groups is 1. The number of nitrogens with two attached hydrogens (primary N) is 1. The van der Waals surface area contributed by atoms with Crippen molar-refractivity contribution in [3.8, 4) is 0 Å². The van der Waals surface area contributed by atoms with Crippen LogP contribution in [0.1, 0.15) is 19.4 Å². The van der Waals surface area contributed by atoms with Crippen LogP contribution in [-0.4, -0.2) is 23.9 Å². The second-order valence-electron chi connectivity index (χ2n) is 4.70. The summed E-state index contributed by atoms with van der Waals surface area (Å²) in [4.78, 5) is 13.2. The molecule has 0 aromatic heterocycles. The van der Waals surface area contributed by atoms with Crippen molar-refractivity contribution in [2.75, 3.05) is 7.05 Å². The zero-order valence-electron chi connectivity index (χ0n) is 10.8. The Balaban J connectivity index is 2.75. The molecule has 0 aliphatic carbocycles. The van der Waals surface area contributed by atoms with Crippen molar-refractivity contribution in [3.63, 3.8) is 0 Å². The smallest absolute Gasteiger partial charge is 0.239 e. The third-order valence-electron chi connectivity index (χ3n) is 2.80. The second-order valence-corrected chi connectivity index (χ2v) is 4.70. The summed E-state index contributed by atoms with van der Waals surface area (Å²) >= 11 is 0. The number of nitrogens with zero attached hydrogens (tertiary/aromatic N) is 1. The quantitative estimate of drug-likeness (QED) is 0.894. The minimum Gasteiger partial charge on any atom is -0.340 e. The Morgan fingerprint density at radius 1 is 1.39 bits per heavy atom. The lowest BCUT2D eigenvalue weighted by Crippen LogP contribution is -2.44. The molecule has 0 aliphatic heterocycles. The van der Waals surface area contributed by atoms with Crippen LogP contribution in [0.2, 0.25) is 0 Å². The Morgan fingerprint density at radius 2 is 2.00 bits per heavy atom. The second kappa shape index (κ2) is 5.91. The normalized spacial score (nSPS) is 12.6. The van der Waals surface area contributed by atoms with E-state index >= 15 is 0 Å². The van der Waals surface area contributed by atoms with Crippen LogP contribution >= 0.6 is 0 Å². The van der Waals surface area contributed by atoms with E-state index in [0.717, 1.165) is 6.07 Å². The molecule has 100 valence electrons. The molecule has 1 amide bonds. The minimum atomic E-state index is -0.659. The first kappa shape index (κ1) is 14.6. The van der Waals surface area contributed by atoms with E-state index in [-0.39, 0.29) is 23.9 Å². The largest absolute Gasteiger partial charge is 0.340 e. The number of likely N-dealkylation sites (N-methyl/N-ethyl adjacent to an activating group) is 1. The van der Waals surface area contributed by atoms with Gasteiger partial charge in [0, 0.05) is 25.2 Å². The highest BCUT2D eigenvalue weighted by Crippen LogP contribution is 2.12. The predicted molar refractivity (Wildman–Crippen MR) is 65.6 cm³/mol. The summed E-state index contributed by atoms with van der Waals surface area (Å²) in [5.74, 6) is -1.54. The van der Waals surface area contributed by atoms with Crippen molar-refractivity contribution >= 4 is 5.91 Å². The molecule has 0 spiro atoms. The fraction of sp³-hybridized carbons (Fsp3) is 0.462. The maximum absolute atomic E-state index is 13.4. The maximum atomic E-state index is 13.4. The molecule has 1 aromatic rings. The van der Waals surface area contributed by atoms with Crippen molar-refractivity contribution in [2.24, 2.45) is 11.7 Å². The molecule has 0 fully saturated rings. The summed E-state index contributed by atoms with van der Waals surface area (Å²) in [5.41, 5.74) is 6.00. The minimum absolute atomic E-state index is 0.0121. The van der Waals surface area contributed by atoms with Gasteiger partial charge in [0.05, 0.1) is 6.04 Å². The highest BCUT2D eigenvalue weighted by Gasteiger charge is 2.21. The van der Waals surface area contributed by atoms with Crippen molar-refractivity contribution in [3.05, 3.63) is 35.4 Å². The zero-order valence-corrected chi connectivity index (χ0v) is 10.8. The lowest BCUT2D eigenvalue weighted by molar-refractivity contribution is -0.132. The number of hydrogen-bond acceptors (Lipinski definition) is 2. The van der Waals surface area contributed by atoms with Gasteiger partial charge in [-0.25, -0.2) is 8.78 Å². The van der Waals surface area contributed by atoms with Gasteiger partial charge in [0.15, 0.2) is 0 Å². The van der Waals surface area contributed by atoms with Crippen LogP contribution < -0.4 is 5.73 Å². The number of halogens is 2.